The molecule has 0 unspecified atom stereocenters. The highest BCUT2D eigenvalue weighted by molar-refractivity contribution is 6.35. The van der Waals surface area contributed by atoms with Gasteiger partial charge in [-0.15, -0.1) is 0 Å². The van der Waals surface area contributed by atoms with Crippen LogP contribution in [0.25, 0.3) is 10.9 Å². The van der Waals surface area contributed by atoms with E-state index in [9.17, 15) is 14.9 Å². The monoisotopic (exact) mass is 280 g/mol. The Hall–Kier alpha value is -2.21. The highest BCUT2D eigenvalue weighted by Gasteiger charge is 2.18. The van der Waals surface area contributed by atoms with Crippen molar-refractivity contribution in [2.45, 2.75) is 6.92 Å². The Kier molecular flexibility index (Phi) is 3.62. The number of para-hydroxylation sites is 1. The van der Waals surface area contributed by atoms with Gasteiger partial charge in [-0.1, -0.05) is 23.7 Å². The van der Waals surface area contributed by atoms with Crippen molar-refractivity contribution in [3.63, 3.8) is 0 Å². The third-order valence-corrected chi connectivity index (χ3v) is 2.76. The predicted octanol–water partition coefficient (Wildman–Crippen LogP) is 2.97. The third kappa shape index (κ3) is 2.48. The van der Waals surface area contributed by atoms with Crippen LogP contribution < -0.4 is 0 Å². The fraction of sp³-hybridized carbons (Fsp3) is 0.167. The molecule has 1 aromatic heterocycles. The molecule has 0 fully saturated rings. The molecule has 2 rings (SSSR count). The van der Waals surface area contributed by atoms with E-state index in [1.54, 1.807) is 13.0 Å². The average molecular weight is 281 g/mol. The van der Waals surface area contributed by atoms with Gasteiger partial charge in [-0.05, 0) is 13.0 Å². The van der Waals surface area contributed by atoms with Crippen molar-refractivity contribution >= 4 is 34.2 Å². The summed E-state index contributed by atoms with van der Waals surface area (Å²) >= 11 is 6.01. The van der Waals surface area contributed by atoms with E-state index in [1.807, 2.05) is 0 Å². The summed E-state index contributed by atoms with van der Waals surface area (Å²) in [5, 5.41) is 11.6. The van der Waals surface area contributed by atoms with Crippen LogP contribution in [0.5, 0.6) is 0 Å². The van der Waals surface area contributed by atoms with Gasteiger partial charge in [0.15, 0.2) is 11.2 Å². The van der Waals surface area contributed by atoms with E-state index in [2.05, 4.69) is 4.98 Å². The zero-order chi connectivity index (χ0) is 14.0. The molecule has 0 aliphatic heterocycles. The first kappa shape index (κ1) is 13.2. The number of nitro groups is 1. The molecule has 6 nitrogen and oxygen atoms in total. The largest absolute Gasteiger partial charge is 0.461 e. The molecule has 7 heteroatoms. The first-order valence-corrected chi connectivity index (χ1v) is 5.83. The number of aromatic nitrogens is 1. The fourth-order valence-electron chi connectivity index (χ4n) is 1.65. The fourth-order valence-corrected chi connectivity index (χ4v) is 1.90. The maximum Gasteiger partial charge on any atom is 0.356 e. The number of halogens is 1. The Morgan fingerprint density at radius 3 is 2.89 bits per heavy atom. The third-order valence-electron chi connectivity index (χ3n) is 2.45. The van der Waals surface area contributed by atoms with E-state index in [4.69, 9.17) is 16.3 Å². The van der Waals surface area contributed by atoms with Gasteiger partial charge in [0.05, 0.1) is 16.6 Å². The Morgan fingerprint density at radius 2 is 2.26 bits per heavy atom. The minimum Gasteiger partial charge on any atom is -0.461 e. The van der Waals surface area contributed by atoms with Crippen LogP contribution in [-0.4, -0.2) is 22.5 Å². The summed E-state index contributed by atoms with van der Waals surface area (Å²) < 4.78 is 4.80. The molecule has 0 bridgehead atoms. The Bertz CT molecular complexity index is 672. The number of pyridine rings is 1. The lowest BCUT2D eigenvalue weighted by Gasteiger charge is -2.05. The van der Waals surface area contributed by atoms with Crippen molar-refractivity contribution in [3.8, 4) is 0 Å². The number of rotatable bonds is 3. The molecule has 0 aliphatic carbocycles. The number of carbonyl (C=O) groups excluding carboxylic acids is 1. The van der Waals surface area contributed by atoms with Gasteiger partial charge in [0.25, 0.3) is 5.69 Å². The SMILES string of the molecule is CCOC(=O)c1cc(Cl)c2cccc([N+](=O)[O-])c2n1. The summed E-state index contributed by atoms with van der Waals surface area (Å²) in [5.41, 5.74) is -0.178. The summed E-state index contributed by atoms with van der Waals surface area (Å²) in [6.07, 6.45) is 0. The summed E-state index contributed by atoms with van der Waals surface area (Å²) in [6, 6.07) is 5.76. The lowest BCUT2D eigenvalue weighted by atomic mass is 10.1. The topological polar surface area (TPSA) is 82.3 Å². The van der Waals surface area contributed by atoms with E-state index in [0.717, 1.165) is 0 Å². The molecular formula is C12H9ClN2O4. The normalized spacial score (nSPS) is 10.4. The lowest BCUT2D eigenvalue weighted by molar-refractivity contribution is -0.383. The molecule has 1 aromatic carbocycles. The maximum atomic E-state index is 11.6. The average Bonchev–Trinajstić information content (AvgIpc) is 2.38. The Labute approximate surface area is 113 Å². The van der Waals surface area contributed by atoms with Crippen LogP contribution in [0.15, 0.2) is 24.3 Å². The second-order valence-corrected chi connectivity index (χ2v) is 4.05. The highest BCUT2D eigenvalue weighted by atomic mass is 35.5. The van der Waals surface area contributed by atoms with Gasteiger partial charge in [0.1, 0.15) is 0 Å². The number of non-ortho nitro benzene ring substituents is 1. The van der Waals surface area contributed by atoms with Gasteiger partial charge in [0.2, 0.25) is 0 Å². The number of hydrogen-bond acceptors (Lipinski definition) is 5. The quantitative estimate of drug-likeness (QED) is 0.490. The maximum absolute atomic E-state index is 11.6. The number of nitrogens with zero attached hydrogens (tertiary/aromatic N) is 2. The zero-order valence-electron chi connectivity index (χ0n) is 9.92. The summed E-state index contributed by atoms with van der Waals surface area (Å²) in [6.45, 7) is 1.84. The molecule has 98 valence electrons. The van der Waals surface area contributed by atoms with Crippen molar-refractivity contribution < 1.29 is 14.5 Å². The van der Waals surface area contributed by atoms with Crippen molar-refractivity contribution in [3.05, 3.63) is 45.1 Å². The summed E-state index contributed by atoms with van der Waals surface area (Å²) in [4.78, 5) is 26.0. The molecule has 0 amide bonds. The van der Waals surface area contributed by atoms with Crippen LogP contribution in [0.4, 0.5) is 5.69 Å². The Morgan fingerprint density at radius 1 is 1.53 bits per heavy atom. The minimum atomic E-state index is -0.663. The number of hydrogen-bond donors (Lipinski definition) is 0. The van der Waals surface area contributed by atoms with Crippen LogP contribution in [0, 0.1) is 10.1 Å². The predicted molar refractivity (Wildman–Crippen MR) is 69.4 cm³/mol. The molecule has 0 atom stereocenters. The number of esters is 1. The van der Waals surface area contributed by atoms with E-state index in [1.165, 1.54) is 18.2 Å². The van der Waals surface area contributed by atoms with Crippen molar-refractivity contribution in [1.29, 1.82) is 0 Å². The van der Waals surface area contributed by atoms with Gasteiger partial charge >= 0.3 is 5.97 Å². The molecule has 0 saturated carbocycles. The molecule has 1 heterocycles. The summed E-state index contributed by atoms with van der Waals surface area (Å²) in [7, 11) is 0. The van der Waals surface area contributed by atoms with Crippen LogP contribution in [0.1, 0.15) is 17.4 Å². The number of fused-ring (bicyclic) bond motifs is 1. The minimum absolute atomic E-state index is 0.0475. The molecular weight excluding hydrogens is 272 g/mol. The summed E-state index contributed by atoms with van der Waals surface area (Å²) in [5.74, 6) is -0.663. The number of nitro benzene ring substituents is 1. The van der Waals surface area contributed by atoms with E-state index >= 15 is 0 Å². The van der Waals surface area contributed by atoms with Crippen molar-refractivity contribution in [1.82, 2.24) is 4.98 Å². The second kappa shape index (κ2) is 5.19. The van der Waals surface area contributed by atoms with E-state index < -0.39 is 10.9 Å². The van der Waals surface area contributed by atoms with Crippen LogP contribution in [0.2, 0.25) is 5.02 Å². The van der Waals surface area contributed by atoms with E-state index in [0.29, 0.717) is 5.39 Å². The first-order valence-electron chi connectivity index (χ1n) is 5.45. The molecule has 0 saturated heterocycles. The molecule has 0 aliphatic rings. The molecule has 0 spiro atoms. The van der Waals surface area contributed by atoms with Crippen LogP contribution in [-0.2, 0) is 4.74 Å². The lowest BCUT2D eigenvalue weighted by Crippen LogP contribution is -2.07. The van der Waals surface area contributed by atoms with Crippen molar-refractivity contribution in [2.24, 2.45) is 0 Å². The van der Waals surface area contributed by atoms with Gasteiger partial charge in [0, 0.05) is 11.5 Å². The number of benzene rings is 1. The van der Waals surface area contributed by atoms with Crippen molar-refractivity contribution in [2.75, 3.05) is 6.61 Å². The smallest absolute Gasteiger partial charge is 0.356 e. The highest BCUT2D eigenvalue weighted by Crippen LogP contribution is 2.29. The number of ether oxygens (including phenoxy) is 1. The Balaban J connectivity index is 2.69. The van der Waals surface area contributed by atoms with Crippen LogP contribution >= 0.6 is 11.6 Å². The first-order chi connectivity index (χ1) is 9.04. The number of carbonyl (C=O) groups is 1. The van der Waals surface area contributed by atoms with Gasteiger partial charge in [-0.3, -0.25) is 10.1 Å². The standard InChI is InChI=1S/C12H9ClN2O4/c1-2-19-12(16)9-6-8(13)7-4-3-5-10(15(17)18)11(7)14-9/h3-6H,2H2,1H3. The van der Waals surface area contributed by atoms with Crippen LogP contribution in [0.3, 0.4) is 0 Å². The second-order valence-electron chi connectivity index (χ2n) is 3.64. The van der Waals surface area contributed by atoms with Gasteiger partial charge in [-0.2, -0.15) is 0 Å². The van der Waals surface area contributed by atoms with E-state index in [-0.39, 0.29) is 28.5 Å². The molecule has 0 N–H and O–H groups in total. The van der Waals surface area contributed by atoms with Gasteiger partial charge in [-0.25, -0.2) is 9.78 Å². The molecule has 0 radical (unpaired) electrons. The van der Waals surface area contributed by atoms with Gasteiger partial charge < -0.3 is 4.74 Å². The molecule has 19 heavy (non-hydrogen) atoms. The zero-order valence-corrected chi connectivity index (χ0v) is 10.7. The molecule has 2 aromatic rings.